The van der Waals surface area contributed by atoms with Crippen LogP contribution in [0.1, 0.15) is 115 Å². The Kier molecular flexibility index (Phi) is 16.1. The van der Waals surface area contributed by atoms with Crippen molar-refractivity contribution in [2.75, 3.05) is 7.11 Å². The number of aliphatic hydroxyl groups excluding tert-OH is 4. The molecule has 5 fully saturated rings. The van der Waals surface area contributed by atoms with Gasteiger partial charge in [-0.05, 0) is 90.6 Å². The van der Waals surface area contributed by atoms with Crippen LogP contribution in [0.25, 0.3) is 0 Å². The van der Waals surface area contributed by atoms with E-state index in [9.17, 15) is 40.4 Å². The minimum Gasteiger partial charge on any atom is -0.600 e. The number of carbonyl (C=O) groups excluding carboxylic acids is 3. The van der Waals surface area contributed by atoms with Crippen LogP contribution in [0.4, 0.5) is 4.79 Å². The Balaban J connectivity index is 1.17. The molecule has 24 atom stereocenters. The van der Waals surface area contributed by atoms with E-state index in [-0.39, 0.29) is 67.1 Å². The second-order valence-electron chi connectivity index (χ2n) is 23.2. The minimum atomic E-state index is -1.68. The van der Waals surface area contributed by atoms with E-state index >= 15 is 4.79 Å². The van der Waals surface area contributed by atoms with Crippen molar-refractivity contribution < 1.29 is 83.1 Å². The number of alkyl carbamates (subject to hydrolysis) is 1. The van der Waals surface area contributed by atoms with Gasteiger partial charge in [0.1, 0.15) is 29.6 Å². The van der Waals surface area contributed by atoms with E-state index in [2.05, 4.69) is 25.2 Å². The number of ketones is 1. The molecular formula is C54H80N2O17. The smallest absolute Gasteiger partial charge is 0.407 e. The number of ether oxygens (including phenoxy) is 8. The molecule has 73 heavy (non-hydrogen) atoms. The number of hydrogen-bond donors (Lipinski definition) is 7. The minimum absolute atomic E-state index is 0.0176. The summed E-state index contributed by atoms with van der Waals surface area (Å²) in [5.74, 6) is -4.13. The van der Waals surface area contributed by atoms with E-state index in [0.29, 0.717) is 12.0 Å². The molecular weight excluding hydrogens is 949 g/mol. The Hall–Kier alpha value is -3.57. The van der Waals surface area contributed by atoms with E-state index in [1.807, 2.05) is 58.9 Å². The van der Waals surface area contributed by atoms with Crippen molar-refractivity contribution in [1.82, 2.24) is 5.32 Å². The van der Waals surface area contributed by atoms with Gasteiger partial charge in [-0.3, -0.25) is 4.79 Å². The Morgan fingerprint density at radius 2 is 1.45 bits per heavy atom. The molecule has 2 bridgehead atoms. The van der Waals surface area contributed by atoms with Gasteiger partial charge in [0, 0.05) is 42.4 Å². The van der Waals surface area contributed by atoms with Crippen LogP contribution >= 0.6 is 0 Å². The number of amides is 1. The summed E-state index contributed by atoms with van der Waals surface area (Å²) < 4.78 is 49.8. The molecule has 0 aromatic rings. The standard InChI is InChI=1S/C54H80N2O17/c1-24-13-16-37(70-41-23-52(10,56(64)65)47(32(9)69-41)55-51(63)66-12)26(3)19-33-18-25(2)29(6)22-54(33)49(61)42(50(62)73-54)48(60)53(11)35(24)15-14-34-43(53)27(4)17-28(5)46(34)72-40-21-38(45(59)31(8)68-40)71-39-20-36(57)44(58)30(7)67-39/h13-15,18-19,27-41,43-47,56-60,64H,16-17,20-23H2,1-12H3,(H,55,63)/b24-13+,26-19+,48-42+/t27-,28+,29-,30-,31-,32+,33+,34+,35-,36+,37-,38+,39-,40-,41-,43+,44-,45-,46-,47-,52-,53+,54-/m0/s1. The monoisotopic (exact) mass is 1030 g/mol. The van der Waals surface area contributed by atoms with Crippen LogP contribution in [-0.2, 0) is 47.5 Å². The average molecular weight is 1030 g/mol. The molecule has 408 valence electrons. The van der Waals surface area contributed by atoms with Crippen molar-refractivity contribution >= 4 is 17.8 Å². The molecule has 1 amide bonds. The largest absolute Gasteiger partial charge is 0.600 e. The molecule has 4 aliphatic carbocycles. The van der Waals surface area contributed by atoms with E-state index in [4.69, 9.17) is 37.9 Å². The lowest BCUT2D eigenvalue weighted by molar-refractivity contribution is -1.09. The summed E-state index contributed by atoms with van der Waals surface area (Å²) in [6.07, 6.45) is 0.211. The van der Waals surface area contributed by atoms with Crippen LogP contribution in [-0.4, -0.2) is 142 Å². The summed E-state index contributed by atoms with van der Waals surface area (Å²) in [5.41, 5.74) is -2.32. The Morgan fingerprint density at radius 3 is 2.11 bits per heavy atom. The molecule has 4 heterocycles. The number of carbonyl (C=O) groups is 3. The highest BCUT2D eigenvalue weighted by Gasteiger charge is 2.64. The SMILES string of the molecule is COC(=O)N[C@H]1[C@@H](C)O[C@@H](O[C@H]2C/C=C(\C)[C@@H]3C=C[C@H]4[C@@H](O[C@H]5C[C@@H](O[C@H]6C[C@@H](O)[C@@H](O)[C@H](C)O6)[C@@H](O)[C@H](C)O5)[C@H](C)C[C@H](C)[C@H]4[C@]3(C)/C(O)=C3\C(=O)O[C@]4(C[C@H](C)C(C)=C[C@@H]4/C=C/2C)C3=O)C[C@]1(C)[NH+]([O-])O. The highest BCUT2D eigenvalue weighted by molar-refractivity contribution is 6.26. The molecule has 4 aliphatic heterocycles. The number of nitrogens with one attached hydrogen (secondary N) is 2. The van der Waals surface area contributed by atoms with Gasteiger partial charge >= 0.3 is 12.1 Å². The van der Waals surface area contributed by atoms with Crippen LogP contribution in [0.2, 0.25) is 0 Å². The molecule has 1 unspecified atom stereocenters. The van der Waals surface area contributed by atoms with Crippen molar-refractivity contribution in [1.29, 1.82) is 0 Å². The lowest BCUT2D eigenvalue weighted by Crippen LogP contribution is -3.17. The maximum atomic E-state index is 15.4. The summed E-state index contributed by atoms with van der Waals surface area (Å²) >= 11 is 0. The molecule has 7 N–H and O–H groups in total. The van der Waals surface area contributed by atoms with Gasteiger partial charge in [-0.1, -0.05) is 69.2 Å². The first-order chi connectivity index (χ1) is 34.2. The Bertz CT molecular complexity index is 2250. The zero-order valence-electron chi connectivity index (χ0n) is 44.3. The average Bonchev–Trinajstić information content (AvgIpc) is 3.56. The molecule has 0 aromatic heterocycles. The van der Waals surface area contributed by atoms with Gasteiger partial charge < -0.3 is 68.8 Å². The molecule has 8 aliphatic rings. The summed E-state index contributed by atoms with van der Waals surface area (Å²) in [6.45, 7) is 20.5. The fraction of sp³-hybridized carbons (Fsp3) is 0.759. The zero-order valence-corrected chi connectivity index (χ0v) is 44.3. The first kappa shape index (κ1) is 55.7. The highest BCUT2D eigenvalue weighted by Crippen LogP contribution is 2.61. The van der Waals surface area contributed by atoms with E-state index in [1.165, 1.54) is 7.11 Å². The van der Waals surface area contributed by atoms with Crippen LogP contribution < -0.4 is 10.5 Å². The third-order valence-corrected chi connectivity index (χ3v) is 18.2. The van der Waals surface area contributed by atoms with Gasteiger partial charge in [-0.15, -0.1) is 0 Å². The maximum absolute atomic E-state index is 15.4. The zero-order chi connectivity index (χ0) is 53.4. The predicted molar refractivity (Wildman–Crippen MR) is 261 cm³/mol. The molecule has 19 heteroatoms. The third-order valence-electron chi connectivity index (χ3n) is 18.2. The number of hydroxylamine groups is 2. The molecule has 19 nitrogen and oxygen atoms in total. The van der Waals surface area contributed by atoms with Gasteiger partial charge in [0.25, 0.3) is 0 Å². The number of rotatable bonds is 8. The number of quaternary nitrogens is 1. The molecule has 0 aromatic carbocycles. The Morgan fingerprint density at radius 1 is 0.808 bits per heavy atom. The van der Waals surface area contributed by atoms with Crippen LogP contribution in [0.3, 0.4) is 0 Å². The quantitative estimate of drug-likeness (QED) is 0.0760. The predicted octanol–water partition coefficient (Wildman–Crippen LogP) is 4.56. The van der Waals surface area contributed by atoms with Crippen LogP contribution in [0.15, 0.2) is 58.4 Å². The third kappa shape index (κ3) is 10.0. The number of hydrogen-bond acceptors (Lipinski definition) is 17. The summed E-state index contributed by atoms with van der Waals surface area (Å²) in [6, 6.07) is -0.948. The van der Waals surface area contributed by atoms with Gasteiger partial charge in [0.15, 0.2) is 30.0 Å². The first-order valence-electron chi connectivity index (χ1n) is 26.2. The van der Waals surface area contributed by atoms with E-state index in [0.717, 1.165) is 11.1 Å². The Labute approximate surface area is 428 Å². The summed E-state index contributed by atoms with van der Waals surface area (Å²) in [5, 5.41) is 70.2. The molecule has 0 radical (unpaired) electrons. The van der Waals surface area contributed by atoms with Crippen LogP contribution in [0, 0.1) is 52.0 Å². The number of fused-ring (bicyclic) bond motifs is 4. The molecule has 1 spiro atoms. The second kappa shape index (κ2) is 21.1. The highest BCUT2D eigenvalue weighted by atomic mass is 16.8. The van der Waals surface area contributed by atoms with Crippen molar-refractivity contribution in [3.05, 3.63) is 63.6 Å². The van der Waals surface area contributed by atoms with Crippen molar-refractivity contribution in [3.8, 4) is 0 Å². The fourth-order valence-corrected chi connectivity index (χ4v) is 13.9. The van der Waals surface area contributed by atoms with E-state index < -0.39 is 137 Å². The van der Waals surface area contributed by atoms with Gasteiger partial charge in [0.2, 0.25) is 5.78 Å². The van der Waals surface area contributed by atoms with Gasteiger partial charge in [-0.25, -0.2) is 20.0 Å². The number of methoxy groups -OCH3 is 1. The van der Waals surface area contributed by atoms with Crippen LogP contribution in [0.5, 0.6) is 0 Å². The molecule has 4 saturated heterocycles. The van der Waals surface area contributed by atoms with Crippen molar-refractivity contribution in [2.24, 2.45) is 46.8 Å². The molecule has 1 saturated carbocycles. The van der Waals surface area contributed by atoms with E-state index in [1.54, 1.807) is 27.7 Å². The second-order valence-corrected chi connectivity index (χ2v) is 23.2. The lowest BCUT2D eigenvalue weighted by Gasteiger charge is -2.56. The topological polar surface area (TPSA) is 266 Å². The summed E-state index contributed by atoms with van der Waals surface area (Å²) in [4.78, 5) is 42.4. The number of esters is 1. The van der Waals surface area contributed by atoms with Crippen molar-refractivity contribution in [2.45, 2.75) is 206 Å². The lowest BCUT2D eigenvalue weighted by atomic mass is 9.49. The van der Waals surface area contributed by atoms with Crippen molar-refractivity contribution in [3.63, 3.8) is 0 Å². The van der Waals surface area contributed by atoms with Gasteiger partial charge in [-0.2, -0.15) is 0 Å². The molecule has 8 rings (SSSR count). The maximum Gasteiger partial charge on any atom is 0.407 e. The number of allylic oxidation sites excluding steroid dienone is 4. The number of Topliss-reactive ketones (excluding diaryl/α,β-unsaturated/α-hetero) is 1. The number of aliphatic hydroxyl groups is 4. The van der Waals surface area contributed by atoms with Gasteiger partial charge in [0.05, 0.1) is 56.3 Å². The normalized spacial score (nSPS) is 50.1. The first-order valence-corrected chi connectivity index (χ1v) is 26.2. The fourth-order valence-electron chi connectivity index (χ4n) is 13.9. The summed E-state index contributed by atoms with van der Waals surface area (Å²) in [7, 11) is 1.20.